The van der Waals surface area contributed by atoms with E-state index in [4.69, 9.17) is 46.4 Å². The Hall–Kier alpha value is -3.10. The van der Waals surface area contributed by atoms with Crippen molar-refractivity contribution in [2.24, 2.45) is 0 Å². The number of unbranched alkanes of at least 4 members (excludes halogenated alkanes) is 3. The van der Waals surface area contributed by atoms with E-state index in [1.807, 2.05) is 60.7 Å². The number of carbonyl (C=O) groups excluding carboxylic acids is 2. The van der Waals surface area contributed by atoms with Gasteiger partial charge in [-0.1, -0.05) is 120 Å². The summed E-state index contributed by atoms with van der Waals surface area (Å²) in [6.45, 7) is 3.04. The summed E-state index contributed by atoms with van der Waals surface area (Å²) in [6, 6.07) is 25.8. The summed E-state index contributed by atoms with van der Waals surface area (Å²) in [4.78, 5) is 30.6. The summed E-state index contributed by atoms with van der Waals surface area (Å²) in [7, 11) is 0. The standard InChI is InChI=1S/C36H36Cl4N2O4/c37-29-17-27(18-30(38)35(29)45)33(43)23-41(21-25-11-5-3-6-12-25)15-9-1-2-10-16-42(22-26-13-7-4-8-14-26)24-34(44)28-19-31(39)36(46)32(40)20-28/h3-8,11-14,17-20,45-46H,1-2,9-10,15-16,21-24H2. The Morgan fingerprint density at radius 3 is 1.17 bits per heavy atom. The molecule has 0 heterocycles. The number of benzene rings is 4. The molecular formula is C36H36Cl4N2O4. The Balaban J connectivity index is 1.33. The van der Waals surface area contributed by atoms with Crippen molar-refractivity contribution in [1.29, 1.82) is 0 Å². The highest BCUT2D eigenvalue weighted by molar-refractivity contribution is 6.38. The van der Waals surface area contributed by atoms with Crippen molar-refractivity contribution in [3.8, 4) is 11.5 Å². The predicted molar refractivity (Wildman–Crippen MR) is 187 cm³/mol. The van der Waals surface area contributed by atoms with Crippen LogP contribution < -0.4 is 0 Å². The van der Waals surface area contributed by atoms with Crippen LogP contribution in [-0.4, -0.2) is 57.8 Å². The van der Waals surface area contributed by atoms with E-state index >= 15 is 0 Å². The highest BCUT2D eigenvalue weighted by atomic mass is 35.5. The van der Waals surface area contributed by atoms with Gasteiger partial charge in [-0.05, 0) is 61.3 Å². The van der Waals surface area contributed by atoms with Crippen molar-refractivity contribution in [2.45, 2.75) is 38.8 Å². The molecule has 46 heavy (non-hydrogen) atoms. The largest absolute Gasteiger partial charge is 0.505 e. The normalized spacial score (nSPS) is 11.3. The van der Waals surface area contributed by atoms with Crippen LogP contribution in [-0.2, 0) is 13.1 Å². The van der Waals surface area contributed by atoms with Crippen molar-refractivity contribution in [1.82, 2.24) is 9.80 Å². The highest BCUT2D eigenvalue weighted by Crippen LogP contribution is 2.34. The molecule has 0 aliphatic rings. The predicted octanol–water partition coefficient (Wildman–Crippen LogP) is 9.34. The third-order valence-corrected chi connectivity index (χ3v) is 8.76. The average molecular weight is 703 g/mol. The van der Waals surface area contributed by atoms with Gasteiger partial charge < -0.3 is 10.2 Å². The lowest BCUT2D eigenvalue weighted by atomic mass is 10.1. The summed E-state index contributed by atoms with van der Waals surface area (Å²) in [5, 5.41) is 20.0. The van der Waals surface area contributed by atoms with Crippen LogP contribution in [0.5, 0.6) is 11.5 Å². The van der Waals surface area contributed by atoms with Crippen LogP contribution in [0.1, 0.15) is 57.5 Å². The average Bonchev–Trinajstić information content (AvgIpc) is 3.04. The molecular weight excluding hydrogens is 666 g/mol. The molecule has 0 saturated heterocycles. The summed E-state index contributed by atoms with van der Waals surface area (Å²) >= 11 is 24.3. The molecule has 0 radical (unpaired) electrons. The fourth-order valence-corrected chi connectivity index (χ4v) is 6.15. The SMILES string of the molecule is O=C(CN(CCCCCCN(CC(=O)c1cc(Cl)c(O)c(Cl)c1)Cc1ccccc1)Cc1ccccc1)c1cc(Cl)c(O)c(Cl)c1. The molecule has 0 amide bonds. The molecule has 0 aliphatic heterocycles. The second kappa shape index (κ2) is 17.7. The summed E-state index contributed by atoms with van der Waals surface area (Å²) < 4.78 is 0. The number of halogens is 4. The van der Waals surface area contributed by atoms with Crippen LogP contribution in [0.15, 0.2) is 84.9 Å². The number of hydrogen-bond donors (Lipinski definition) is 2. The monoisotopic (exact) mass is 700 g/mol. The van der Waals surface area contributed by atoms with Gasteiger partial charge in [-0.25, -0.2) is 0 Å². The van der Waals surface area contributed by atoms with Crippen molar-refractivity contribution in [3.63, 3.8) is 0 Å². The zero-order chi connectivity index (χ0) is 33.1. The zero-order valence-corrected chi connectivity index (χ0v) is 28.3. The maximum atomic E-state index is 13.2. The summed E-state index contributed by atoms with van der Waals surface area (Å²) in [5.74, 6) is -0.724. The molecule has 4 aromatic carbocycles. The first-order valence-electron chi connectivity index (χ1n) is 15.1. The van der Waals surface area contributed by atoms with Crippen LogP contribution in [0, 0.1) is 0 Å². The third kappa shape index (κ3) is 10.7. The number of phenols is 2. The van der Waals surface area contributed by atoms with Crippen molar-refractivity contribution < 1.29 is 19.8 Å². The molecule has 0 aromatic heterocycles. The Morgan fingerprint density at radius 2 is 0.848 bits per heavy atom. The van der Waals surface area contributed by atoms with Gasteiger partial charge in [0.2, 0.25) is 0 Å². The van der Waals surface area contributed by atoms with E-state index in [0.29, 0.717) is 24.2 Å². The second-order valence-electron chi connectivity index (χ2n) is 11.2. The van der Waals surface area contributed by atoms with Gasteiger partial charge in [0, 0.05) is 24.2 Å². The minimum absolute atomic E-state index is 0.0455. The molecule has 0 spiro atoms. The van der Waals surface area contributed by atoms with E-state index in [9.17, 15) is 19.8 Å². The molecule has 10 heteroatoms. The van der Waals surface area contributed by atoms with E-state index in [-0.39, 0.29) is 56.2 Å². The minimum atomic E-state index is -0.234. The van der Waals surface area contributed by atoms with Crippen LogP contribution in [0.2, 0.25) is 20.1 Å². The first kappa shape index (κ1) is 35.7. The molecule has 0 unspecified atom stereocenters. The lowest BCUT2D eigenvalue weighted by Crippen LogP contribution is -2.31. The van der Waals surface area contributed by atoms with Gasteiger partial charge in [-0.15, -0.1) is 0 Å². The molecule has 4 rings (SSSR count). The Bertz CT molecular complexity index is 1450. The molecule has 0 bridgehead atoms. The van der Waals surface area contributed by atoms with Crippen molar-refractivity contribution in [3.05, 3.63) is 127 Å². The Labute approximate surface area is 290 Å². The number of ketones is 2. The molecule has 2 N–H and O–H groups in total. The van der Waals surface area contributed by atoms with E-state index in [1.54, 1.807) is 0 Å². The maximum Gasteiger partial charge on any atom is 0.176 e. The molecule has 0 saturated carbocycles. The molecule has 0 fully saturated rings. The van der Waals surface area contributed by atoms with E-state index in [0.717, 1.165) is 49.9 Å². The Morgan fingerprint density at radius 1 is 0.522 bits per heavy atom. The third-order valence-electron chi connectivity index (χ3n) is 7.61. The fraction of sp³-hybridized carbons (Fsp3) is 0.278. The topological polar surface area (TPSA) is 81.1 Å². The van der Waals surface area contributed by atoms with Gasteiger partial charge in [0.05, 0.1) is 33.2 Å². The molecule has 242 valence electrons. The smallest absolute Gasteiger partial charge is 0.176 e. The quantitative estimate of drug-likeness (QED) is 0.0844. The number of hydrogen-bond acceptors (Lipinski definition) is 6. The molecule has 0 atom stereocenters. The van der Waals surface area contributed by atoms with Crippen molar-refractivity contribution >= 4 is 58.0 Å². The highest BCUT2D eigenvalue weighted by Gasteiger charge is 2.18. The van der Waals surface area contributed by atoms with Gasteiger partial charge in [0.15, 0.2) is 23.1 Å². The van der Waals surface area contributed by atoms with E-state index in [1.165, 1.54) is 24.3 Å². The molecule has 0 aliphatic carbocycles. The molecule has 6 nitrogen and oxygen atoms in total. The molecule has 4 aromatic rings. The number of rotatable bonds is 17. The van der Waals surface area contributed by atoms with Gasteiger partial charge in [0.1, 0.15) is 0 Å². The van der Waals surface area contributed by atoms with Crippen LogP contribution in [0.4, 0.5) is 0 Å². The van der Waals surface area contributed by atoms with Gasteiger partial charge in [0.25, 0.3) is 0 Å². The second-order valence-corrected chi connectivity index (χ2v) is 12.9. The van der Waals surface area contributed by atoms with Crippen LogP contribution in [0.25, 0.3) is 0 Å². The Kier molecular flexibility index (Phi) is 13.8. The number of aromatic hydroxyl groups is 2. The fourth-order valence-electron chi connectivity index (χ4n) is 5.18. The van der Waals surface area contributed by atoms with Gasteiger partial charge in [-0.2, -0.15) is 0 Å². The first-order chi connectivity index (χ1) is 22.1. The van der Waals surface area contributed by atoms with Crippen LogP contribution >= 0.6 is 46.4 Å². The van der Waals surface area contributed by atoms with E-state index < -0.39 is 0 Å². The minimum Gasteiger partial charge on any atom is -0.505 e. The summed E-state index contributed by atoms with van der Waals surface area (Å²) in [6.07, 6.45) is 3.68. The number of nitrogens with zero attached hydrogens (tertiary/aromatic N) is 2. The maximum absolute atomic E-state index is 13.2. The van der Waals surface area contributed by atoms with E-state index in [2.05, 4.69) is 9.80 Å². The summed E-state index contributed by atoms with van der Waals surface area (Å²) in [5.41, 5.74) is 2.93. The van der Waals surface area contributed by atoms with Gasteiger partial charge >= 0.3 is 0 Å². The number of Topliss-reactive ketones (excluding diaryl/α,β-unsaturated/α-hetero) is 2. The zero-order valence-electron chi connectivity index (χ0n) is 25.3. The number of carbonyl (C=O) groups is 2. The van der Waals surface area contributed by atoms with Gasteiger partial charge in [-0.3, -0.25) is 19.4 Å². The van der Waals surface area contributed by atoms with Crippen molar-refractivity contribution in [2.75, 3.05) is 26.2 Å². The lowest BCUT2D eigenvalue weighted by molar-refractivity contribution is 0.0913. The first-order valence-corrected chi connectivity index (χ1v) is 16.6. The lowest BCUT2D eigenvalue weighted by Gasteiger charge is -2.23. The number of phenolic OH excluding ortho intramolecular Hbond substituents is 2. The van der Waals surface area contributed by atoms with Crippen LogP contribution in [0.3, 0.4) is 0 Å².